The Labute approximate surface area is 115 Å². The van der Waals surface area contributed by atoms with E-state index >= 15 is 0 Å². The molecular weight excluding hydrogens is 286 g/mol. The summed E-state index contributed by atoms with van der Waals surface area (Å²) in [6.07, 6.45) is 2.87. The van der Waals surface area contributed by atoms with E-state index in [0.717, 1.165) is 4.31 Å². The van der Waals surface area contributed by atoms with Crippen LogP contribution in [0.25, 0.3) is 0 Å². The van der Waals surface area contributed by atoms with Gasteiger partial charge >= 0.3 is 5.97 Å². The maximum Gasteiger partial charge on any atom is 0.326 e. The van der Waals surface area contributed by atoms with Crippen LogP contribution >= 0.6 is 0 Å². The molecule has 1 N–H and O–H groups in total. The number of carboxylic acids is 1. The quantitative estimate of drug-likeness (QED) is 0.813. The molecule has 1 atom stereocenters. The Balaban J connectivity index is 1.98. The fraction of sp³-hybridized carbons (Fsp3) is 0.250. The largest absolute Gasteiger partial charge is 0.480 e. The molecule has 2 heterocycles. The summed E-state index contributed by atoms with van der Waals surface area (Å²) in [5, 5.41) is 9.05. The minimum absolute atomic E-state index is 0.0169. The highest BCUT2D eigenvalue weighted by Gasteiger charge is 2.37. The average molecular weight is 297 g/mol. The zero-order chi connectivity index (χ0) is 14.3. The Kier molecular flexibility index (Phi) is 2.91. The van der Waals surface area contributed by atoms with Gasteiger partial charge in [0.25, 0.3) is 0 Å². The van der Waals surface area contributed by atoms with Crippen LogP contribution in [0, 0.1) is 0 Å². The van der Waals surface area contributed by atoms with Gasteiger partial charge in [-0.2, -0.15) is 4.31 Å². The van der Waals surface area contributed by atoms with Crippen molar-refractivity contribution in [1.29, 1.82) is 0 Å². The van der Waals surface area contributed by atoms with Crippen LogP contribution in [0.2, 0.25) is 0 Å². The first-order valence-corrected chi connectivity index (χ1v) is 7.25. The van der Waals surface area contributed by atoms with Gasteiger partial charge in [-0.05, 0) is 12.1 Å². The van der Waals surface area contributed by atoms with Crippen LogP contribution in [0.1, 0.15) is 0 Å². The number of ether oxygens (including phenoxy) is 2. The number of sulfonamides is 1. The van der Waals surface area contributed by atoms with Crippen molar-refractivity contribution in [2.45, 2.75) is 10.9 Å². The fourth-order valence-corrected chi connectivity index (χ4v) is 3.64. The number of hydrogen-bond acceptors (Lipinski definition) is 5. The molecule has 1 aromatic rings. The van der Waals surface area contributed by atoms with Gasteiger partial charge in [-0.15, -0.1) is 0 Å². The normalized spacial score (nSPS) is 21.3. The number of rotatable bonds is 3. The molecule has 0 fully saturated rings. The van der Waals surface area contributed by atoms with Crippen molar-refractivity contribution in [3.05, 3.63) is 30.4 Å². The number of carbonyl (C=O) groups is 1. The number of aliphatic carboxylic acids is 1. The second kappa shape index (κ2) is 4.50. The number of carboxylic acid groups (broad SMARTS) is 1. The zero-order valence-electron chi connectivity index (χ0n) is 10.2. The molecule has 0 bridgehead atoms. The van der Waals surface area contributed by atoms with Crippen LogP contribution in [0.15, 0.2) is 35.2 Å². The van der Waals surface area contributed by atoms with Gasteiger partial charge in [-0.3, -0.25) is 4.79 Å². The summed E-state index contributed by atoms with van der Waals surface area (Å²) in [6.45, 7) is 0.0790. The number of fused-ring (bicyclic) bond motifs is 1. The van der Waals surface area contributed by atoms with Gasteiger partial charge in [-0.25, -0.2) is 8.42 Å². The molecule has 106 valence electrons. The summed E-state index contributed by atoms with van der Waals surface area (Å²) in [5.74, 6) is -0.397. The van der Waals surface area contributed by atoms with E-state index in [-0.39, 0.29) is 18.2 Å². The lowest BCUT2D eigenvalue weighted by atomic mass is 10.3. The SMILES string of the molecule is O=C(O)C1C=CCN1S(=O)(=O)c1ccc2c(c1)OCO2. The van der Waals surface area contributed by atoms with E-state index < -0.39 is 22.0 Å². The summed E-state index contributed by atoms with van der Waals surface area (Å²) in [4.78, 5) is 11.1. The predicted molar refractivity (Wildman–Crippen MR) is 67.0 cm³/mol. The van der Waals surface area contributed by atoms with E-state index in [4.69, 9.17) is 14.6 Å². The average Bonchev–Trinajstić information content (AvgIpc) is 3.06. The highest BCUT2D eigenvalue weighted by atomic mass is 32.2. The summed E-state index contributed by atoms with van der Waals surface area (Å²) < 4.78 is 36.1. The van der Waals surface area contributed by atoms with E-state index in [2.05, 4.69) is 0 Å². The zero-order valence-corrected chi connectivity index (χ0v) is 11.0. The van der Waals surface area contributed by atoms with Crippen LogP contribution < -0.4 is 9.47 Å². The number of nitrogens with zero attached hydrogens (tertiary/aromatic N) is 1. The molecule has 0 saturated carbocycles. The first kappa shape index (κ1) is 12.9. The molecule has 1 aromatic carbocycles. The van der Waals surface area contributed by atoms with E-state index in [1.165, 1.54) is 30.4 Å². The molecule has 8 heteroatoms. The van der Waals surface area contributed by atoms with E-state index in [1.807, 2.05) is 0 Å². The molecule has 1 unspecified atom stereocenters. The van der Waals surface area contributed by atoms with E-state index in [1.54, 1.807) is 0 Å². The molecule has 0 radical (unpaired) electrons. The summed E-state index contributed by atoms with van der Waals surface area (Å²) in [7, 11) is -3.90. The lowest BCUT2D eigenvalue weighted by molar-refractivity contribution is -0.139. The molecule has 3 rings (SSSR count). The van der Waals surface area contributed by atoms with Gasteiger partial charge in [0.2, 0.25) is 16.8 Å². The minimum atomic E-state index is -3.90. The van der Waals surface area contributed by atoms with Crippen LogP contribution in [-0.4, -0.2) is 43.2 Å². The molecule has 0 aromatic heterocycles. The fourth-order valence-electron chi connectivity index (χ4n) is 2.13. The lowest BCUT2D eigenvalue weighted by Crippen LogP contribution is -2.40. The van der Waals surface area contributed by atoms with Crippen molar-refractivity contribution in [3.63, 3.8) is 0 Å². The van der Waals surface area contributed by atoms with Crippen molar-refractivity contribution in [3.8, 4) is 11.5 Å². The third-order valence-electron chi connectivity index (χ3n) is 3.12. The highest BCUT2D eigenvalue weighted by molar-refractivity contribution is 7.89. The molecule has 2 aliphatic rings. The topological polar surface area (TPSA) is 93.1 Å². The third-order valence-corrected chi connectivity index (χ3v) is 4.96. The molecule has 2 aliphatic heterocycles. The van der Waals surface area contributed by atoms with Gasteiger partial charge in [-0.1, -0.05) is 12.2 Å². The van der Waals surface area contributed by atoms with Crippen LogP contribution in [0.5, 0.6) is 11.5 Å². The highest BCUT2D eigenvalue weighted by Crippen LogP contribution is 2.35. The monoisotopic (exact) mass is 297 g/mol. The molecule has 0 spiro atoms. The Morgan fingerprint density at radius 1 is 1.30 bits per heavy atom. The van der Waals surface area contributed by atoms with Crippen LogP contribution in [0.3, 0.4) is 0 Å². The second-order valence-electron chi connectivity index (χ2n) is 4.30. The Hall–Kier alpha value is -2.06. The predicted octanol–water partition coefficient (Wildman–Crippen LogP) is 0.429. The van der Waals surface area contributed by atoms with Gasteiger partial charge in [0, 0.05) is 12.6 Å². The van der Waals surface area contributed by atoms with Crippen molar-refractivity contribution in [2.75, 3.05) is 13.3 Å². The van der Waals surface area contributed by atoms with Crippen molar-refractivity contribution in [1.82, 2.24) is 4.31 Å². The summed E-state index contributed by atoms with van der Waals surface area (Å²) >= 11 is 0. The van der Waals surface area contributed by atoms with Crippen molar-refractivity contribution >= 4 is 16.0 Å². The van der Waals surface area contributed by atoms with Gasteiger partial charge in [0.05, 0.1) is 4.90 Å². The second-order valence-corrected chi connectivity index (χ2v) is 6.19. The van der Waals surface area contributed by atoms with E-state index in [0.29, 0.717) is 11.5 Å². The Bertz CT molecular complexity index is 696. The van der Waals surface area contributed by atoms with Crippen LogP contribution in [0.4, 0.5) is 0 Å². The lowest BCUT2D eigenvalue weighted by Gasteiger charge is -2.21. The first-order valence-electron chi connectivity index (χ1n) is 5.81. The molecule has 7 nitrogen and oxygen atoms in total. The summed E-state index contributed by atoms with van der Waals surface area (Å²) in [6, 6.07) is 3.04. The van der Waals surface area contributed by atoms with Crippen LogP contribution in [-0.2, 0) is 14.8 Å². The number of hydrogen-bond donors (Lipinski definition) is 1. The van der Waals surface area contributed by atoms with Gasteiger partial charge in [0.1, 0.15) is 6.04 Å². The van der Waals surface area contributed by atoms with E-state index in [9.17, 15) is 13.2 Å². The maximum atomic E-state index is 12.5. The minimum Gasteiger partial charge on any atom is -0.480 e. The molecule has 0 amide bonds. The molecule has 0 saturated heterocycles. The molecule has 20 heavy (non-hydrogen) atoms. The van der Waals surface area contributed by atoms with Gasteiger partial charge < -0.3 is 14.6 Å². The summed E-state index contributed by atoms with van der Waals surface area (Å²) in [5.41, 5.74) is 0. The maximum absolute atomic E-state index is 12.5. The molecular formula is C12H11NO6S. The Morgan fingerprint density at radius 2 is 2.05 bits per heavy atom. The first-order chi connectivity index (χ1) is 9.50. The van der Waals surface area contributed by atoms with Crippen molar-refractivity contribution < 1.29 is 27.8 Å². The third kappa shape index (κ3) is 1.93. The van der Waals surface area contributed by atoms with Crippen molar-refractivity contribution in [2.24, 2.45) is 0 Å². The Morgan fingerprint density at radius 3 is 2.80 bits per heavy atom. The molecule has 0 aliphatic carbocycles. The number of benzene rings is 1. The van der Waals surface area contributed by atoms with Gasteiger partial charge in [0.15, 0.2) is 11.5 Å². The smallest absolute Gasteiger partial charge is 0.326 e. The standard InChI is InChI=1S/C12H11NO6S/c14-12(15)9-2-1-5-13(9)20(16,17)8-3-4-10-11(6-8)19-7-18-10/h1-4,6,9H,5,7H2,(H,14,15).